The summed E-state index contributed by atoms with van der Waals surface area (Å²) in [7, 11) is 0. The minimum atomic E-state index is -0.458. The summed E-state index contributed by atoms with van der Waals surface area (Å²) in [5, 5.41) is 10.6. The van der Waals surface area contributed by atoms with E-state index in [0.717, 1.165) is 5.69 Å². The lowest BCUT2D eigenvalue weighted by Crippen LogP contribution is -2.08. The quantitative estimate of drug-likeness (QED) is 0.487. The second-order valence-corrected chi connectivity index (χ2v) is 5.35. The molecule has 1 atom stereocenters. The number of nitro groups is 1. The van der Waals surface area contributed by atoms with Crippen molar-refractivity contribution < 1.29 is 4.92 Å². The molecule has 2 rings (SSSR count). The van der Waals surface area contributed by atoms with E-state index in [-0.39, 0.29) is 11.1 Å². The summed E-state index contributed by atoms with van der Waals surface area (Å²) in [6.07, 6.45) is 4.29. The fourth-order valence-electron chi connectivity index (χ4n) is 1.52. The van der Waals surface area contributed by atoms with E-state index >= 15 is 0 Å². The number of pyridine rings is 1. The van der Waals surface area contributed by atoms with Crippen molar-refractivity contribution in [3.63, 3.8) is 0 Å². The number of hydrogen-bond acceptors (Lipinski definition) is 3. The SMILES string of the molecule is O=[N+]([O-])c1cnc(CC(Cl)C2CC2)c(Br)c1. The Kier molecular flexibility index (Phi) is 3.44. The molecule has 1 unspecified atom stereocenters. The van der Waals surface area contributed by atoms with E-state index in [9.17, 15) is 10.1 Å². The molecule has 1 saturated carbocycles. The van der Waals surface area contributed by atoms with Crippen molar-refractivity contribution in [3.8, 4) is 0 Å². The lowest BCUT2D eigenvalue weighted by atomic mass is 10.1. The van der Waals surface area contributed by atoms with Gasteiger partial charge in [0.05, 0.1) is 10.6 Å². The maximum absolute atomic E-state index is 10.5. The fourth-order valence-corrected chi connectivity index (χ4v) is 2.41. The number of halogens is 2. The summed E-state index contributed by atoms with van der Waals surface area (Å²) >= 11 is 9.48. The average molecular weight is 306 g/mol. The summed E-state index contributed by atoms with van der Waals surface area (Å²) in [4.78, 5) is 14.1. The van der Waals surface area contributed by atoms with Crippen LogP contribution in [0.15, 0.2) is 16.7 Å². The molecule has 0 saturated heterocycles. The maximum Gasteiger partial charge on any atom is 0.288 e. The van der Waals surface area contributed by atoms with Crippen molar-refractivity contribution >= 4 is 33.2 Å². The molecule has 1 heterocycles. The van der Waals surface area contributed by atoms with Crippen LogP contribution in [-0.4, -0.2) is 15.3 Å². The molecule has 1 fully saturated rings. The molecule has 1 aliphatic carbocycles. The van der Waals surface area contributed by atoms with Crippen molar-refractivity contribution in [2.45, 2.75) is 24.6 Å². The van der Waals surface area contributed by atoms with Gasteiger partial charge in [-0.2, -0.15) is 0 Å². The Morgan fingerprint density at radius 3 is 2.88 bits per heavy atom. The molecule has 0 spiro atoms. The lowest BCUT2D eigenvalue weighted by Gasteiger charge is -2.08. The molecule has 1 aliphatic rings. The van der Waals surface area contributed by atoms with Gasteiger partial charge in [0.2, 0.25) is 0 Å². The van der Waals surface area contributed by atoms with E-state index in [1.54, 1.807) is 0 Å². The molecule has 0 amide bonds. The van der Waals surface area contributed by atoms with Crippen LogP contribution < -0.4 is 0 Å². The highest BCUT2D eigenvalue weighted by atomic mass is 79.9. The van der Waals surface area contributed by atoms with Crippen LogP contribution in [0.3, 0.4) is 0 Å². The molecule has 0 N–H and O–H groups in total. The van der Waals surface area contributed by atoms with Crippen molar-refractivity contribution in [1.29, 1.82) is 0 Å². The molecule has 4 nitrogen and oxygen atoms in total. The van der Waals surface area contributed by atoms with E-state index in [1.165, 1.54) is 25.1 Å². The maximum atomic E-state index is 10.5. The first-order chi connectivity index (χ1) is 7.58. The monoisotopic (exact) mass is 304 g/mol. The molecule has 1 aromatic heterocycles. The van der Waals surface area contributed by atoms with Gasteiger partial charge in [-0.05, 0) is 34.7 Å². The Bertz CT molecular complexity index is 423. The molecular formula is C10H10BrClN2O2. The number of nitrogens with zero attached hydrogens (tertiary/aromatic N) is 2. The van der Waals surface area contributed by atoms with Crippen LogP contribution in [0.4, 0.5) is 5.69 Å². The Morgan fingerprint density at radius 1 is 1.69 bits per heavy atom. The molecule has 86 valence electrons. The molecule has 0 bridgehead atoms. The van der Waals surface area contributed by atoms with Crippen LogP contribution >= 0.6 is 27.5 Å². The normalized spacial score (nSPS) is 17.1. The molecular weight excluding hydrogens is 295 g/mol. The standard InChI is InChI=1S/C10H10BrClN2O2/c11-8-3-7(14(15)16)5-13-10(8)4-9(12)6-1-2-6/h3,5-6,9H,1-2,4H2. The molecule has 0 aromatic carbocycles. The average Bonchev–Trinajstić information content (AvgIpc) is 3.03. The zero-order valence-corrected chi connectivity index (χ0v) is 10.7. The van der Waals surface area contributed by atoms with Crippen LogP contribution in [0.1, 0.15) is 18.5 Å². The van der Waals surface area contributed by atoms with E-state index < -0.39 is 4.92 Å². The second kappa shape index (κ2) is 4.67. The second-order valence-electron chi connectivity index (χ2n) is 3.94. The molecule has 0 radical (unpaired) electrons. The zero-order chi connectivity index (χ0) is 11.7. The van der Waals surface area contributed by atoms with Crippen LogP contribution in [-0.2, 0) is 6.42 Å². The Hall–Kier alpha value is -0.680. The first-order valence-electron chi connectivity index (χ1n) is 5.01. The largest absolute Gasteiger partial charge is 0.288 e. The van der Waals surface area contributed by atoms with Crippen molar-refractivity contribution in [1.82, 2.24) is 4.98 Å². The molecule has 6 heteroatoms. The van der Waals surface area contributed by atoms with Crippen LogP contribution in [0.2, 0.25) is 0 Å². The number of alkyl halides is 1. The van der Waals surface area contributed by atoms with E-state index in [0.29, 0.717) is 16.8 Å². The van der Waals surface area contributed by atoms with Crippen LogP contribution in [0.25, 0.3) is 0 Å². The van der Waals surface area contributed by atoms with Gasteiger partial charge in [0.1, 0.15) is 6.20 Å². The first-order valence-corrected chi connectivity index (χ1v) is 6.23. The van der Waals surface area contributed by atoms with Crippen molar-refractivity contribution in [2.75, 3.05) is 0 Å². The lowest BCUT2D eigenvalue weighted by molar-refractivity contribution is -0.385. The summed E-state index contributed by atoms with van der Waals surface area (Å²) in [5.41, 5.74) is 0.783. The van der Waals surface area contributed by atoms with Gasteiger partial charge in [-0.15, -0.1) is 11.6 Å². The van der Waals surface area contributed by atoms with Gasteiger partial charge in [0.15, 0.2) is 0 Å². The van der Waals surface area contributed by atoms with Crippen molar-refractivity contribution in [2.24, 2.45) is 5.92 Å². The topological polar surface area (TPSA) is 56.0 Å². The summed E-state index contributed by atoms with van der Waals surface area (Å²) < 4.78 is 0.660. The Labute approximate surface area is 106 Å². The van der Waals surface area contributed by atoms with Crippen LogP contribution in [0.5, 0.6) is 0 Å². The van der Waals surface area contributed by atoms with E-state index in [4.69, 9.17) is 11.6 Å². The molecule has 0 aliphatic heterocycles. The fraction of sp³-hybridized carbons (Fsp3) is 0.500. The minimum absolute atomic E-state index is 0.00632. The van der Waals surface area contributed by atoms with Crippen LogP contribution in [0, 0.1) is 16.0 Å². The molecule has 16 heavy (non-hydrogen) atoms. The highest BCUT2D eigenvalue weighted by Crippen LogP contribution is 2.37. The first kappa shape index (κ1) is 11.8. The Morgan fingerprint density at radius 2 is 2.38 bits per heavy atom. The van der Waals surface area contributed by atoms with Gasteiger partial charge in [0, 0.05) is 22.3 Å². The van der Waals surface area contributed by atoms with E-state index in [2.05, 4.69) is 20.9 Å². The predicted octanol–water partition coefficient (Wildman–Crippen LogP) is 3.31. The number of hydrogen-bond donors (Lipinski definition) is 0. The number of aromatic nitrogens is 1. The third-order valence-electron chi connectivity index (χ3n) is 2.64. The zero-order valence-electron chi connectivity index (χ0n) is 8.40. The van der Waals surface area contributed by atoms with E-state index in [1.807, 2.05) is 0 Å². The van der Waals surface area contributed by atoms with Gasteiger partial charge in [-0.25, -0.2) is 0 Å². The van der Waals surface area contributed by atoms with Gasteiger partial charge in [-0.1, -0.05) is 0 Å². The van der Waals surface area contributed by atoms with Gasteiger partial charge < -0.3 is 0 Å². The van der Waals surface area contributed by atoms with Gasteiger partial charge >= 0.3 is 0 Å². The van der Waals surface area contributed by atoms with Crippen molar-refractivity contribution in [3.05, 3.63) is 32.5 Å². The predicted molar refractivity (Wildman–Crippen MR) is 64.7 cm³/mol. The summed E-state index contributed by atoms with van der Waals surface area (Å²) in [5.74, 6) is 0.588. The highest BCUT2D eigenvalue weighted by Gasteiger charge is 2.30. The Balaban J connectivity index is 2.12. The highest BCUT2D eigenvalue weighted by molar-refractivity contribution is 9.10. The smallest absolute Gasteiger partial charge is 0.258 e. The minimum Gasteiger partial charge on any atom is -0.258 e. The van der Waals surface area contributed by atoms with Gasteiger partial charge in [0.25, 0.3) is 5.69 Å². The third kappa shape index (κ3) is 2.71. The third-order valence-corrected chi connectivity index (χ3v) is 3.83. The summed E-state index contributed by atoms with van der Waals surface area (Å²) in [6, 6.07) is 1.47. The summed E-state index contributed by atoms with van der Waals surface area (Å²) in [6.45, 7) is 0. The molecule has 1 aromatic rings. The number of rotatable bonds is 4. The van der Waals surface area contributed by atoms with Gasteiger partial charge in [-0.3, -0.25) is 15.1 Å².